The molecule has 1 atom stereocenters. The molecule has 2 aromatic carbocycles. The fraction of sp³-hybridized carbons (Fsp3) is 0.353. The van der Waals surface area contributed by atoms with E-state index in [0.29, 0.717) is 0 Å². The van der Waals surface area contributed by atoms with Gasteiger partial charge in [-0.2, -0.15) is 0 Å². The van der Waals surface area contributed by atoms with Crippen molar-refractivity contribution in [1.29, 1.82) is 0 Å². The number of carbonyl (C=O) groups is 1. The zero-order valence-electron chi connectivity index (χ0n) is 12.8. The summed E-state index contributed by atoms with van der Waals surface area (Å²) in [6, 6.07) is 12.4. The molecule has 4 heteroatoms. The molecule has 0 spiro atoms. The fourth-order valence-corrected chi connectivity index (χ4v) is 2.39. The third kappa shape index (κ3) is 3.52. The van der Waals surface area contributed by atoms with Crippen LogP contribution in [0, 0.1) is 0 Å². The van der Waals surface area contributed by atoms with Crippen LogP contribution in [0.2, 0.25) is 0 Å². The molecule has 0 bridgehead atoms. The van der Waals surface area contributed by atoms with E-state index < -0.39 is 0 Å². The fourth-order valence-electron chi connectivity index (χ4n) is 2.39. The van der Waals surface area contributed by atoms with Gasteiger partial charge in [0, 0.05) is 24.0 Å². The van der Waals surface area contributed by atoms with Crippen LogP contribution >= 0.6 is 0 Å². The van der Waals surface area contributed by atoms with Crippen LogP contribution in [0.3, 0.4) is 0 Å². The van der Waals surface area contributed by atoms with Gasteiger partial charge in [0.1, 0.15) is 5.75 Å². The number of rotatable bonds is 6. The average Bonchev–Trinajstić information content (AvgIpc) is 2.52. The van der Waals surface area contributed by atoms with Crippen molar-refractivity contribution in [1.82, 2.24) is 10.6 Å². The van der Waals surface area contributed by atoms with Gasteiger partial charge in [0.25, 0.3) is 5.91 Å². The van der Waals surface area contributed by atoms with E-state index in [9.17, 15) is 4.79 Å². The molecule has 1 amide bonds. The summed E-state index contributed by atoms with van der Waals surface area (Å²) >= 11 is 0. The van der Waals surface area contributed by atoms with E-state index in [1.165, 1.54) is 0 Å². The summed E-state index contributed by atoms with van der Waals surface area (Å²) < 4.78 is 5.82. The number of fused-ring (bicyclic) bond motifs is 1. The summed E-state index contributed by atoms with van der Waals surface area (Å²) in [7, 11) is 1.61. The van der Waals surface area contributed by atoms with E-state index in [2.05, 4.69) is 36.6 Å². The molecule has 0 heterocycles. The minimum Gasteiger partial charge on any atom is -0.483 e. The highest BCUT2D eigenvalue weighted by atomic mass is 16.5. The maximum atomic E-state index is 11.5. The van der Waals surface area contributed by atoms with E-state index >= 15 is 0 Å². The summed E-state index contributed by atoms with van der Waals surface area (Å²) in [5.41, 5.74) is 1.07. The normalized spacial score (nSPS) is 12.1. The molecule has 0 radical (unpaired) electrons. The molecular formula is C17H22N2O2. The molecule has 1 unspecified atom stereocenters. The summed E-state index contributed by atoms with van der Waals surface area (Å²) in [5.74, 6) is 0.648. The largest absolute Gasteiger partial charge is 0.483 e. The van der Waals surface area contributed by atoms with Crippen molar-refractivity contribution in [2.24, 2.45) is 0 Å². The van der Waals surface area contributed by atoms with Gasteiger partial charge in [0.15, 0.2) is 6.61 Å². The van der Waals surface area contributed by atoms with Crippen LogP contribution in [0.15, 0.2) is 36.4 Å². The van der Waals surface area contributed by atoms with E-state index in [-0.39, 0.29) is 18.6 Å². The first-order valence-electron chi connectivity index (χ1n) is 7.25. The lowest BCUT2D eigenvalue weighted by molar-refractivity contribution is -0.122. The molecule has 0 aliphatic heterocycles. The van der Waals surface area contributed by atoms with Gasteiger partial charge in [0.2, 0.25) is 0 Å². The molecule has 0 aliphatic carbocycles. The Labute approximate surface area is 125 Å². The number of benzene rings is 2. The topological polar surface area (TPSA) is 50.4 Å². The predicted molar refractivity (Wildman–Crippen MR) is 85.6 cm³/mol. The molecule has 2 N–H and O–H groups in total. The van der Waals surface area contributed by atoms with Gasteiger partial charge < -0.3 is 15.4 Å². The van der Waals surface area contributed by atoms with Crippen LogP contribution in [0.25, 0.3) is 10.8 Å². The Kier molecular flexibility index (Phi) is 5.17. The third-order valence-corrected chi connectivity index (χ3v) is 3.51. The highest BCUT2D eigenvalue weighted by molar-refractivity contribution is 5.90. The number of amides is 1. The predicted octanol–water partition coefficient (Wildman–Crippen LogP) is 2.64. The van der Waals surface area contributed by atoms with Gasteiger partial charge in [-0.3, -0.25) is 4.79 Å². The average molecular weight is 286 g/mol. The van der Waals surface area contributed by atoms with Crippen LogP contribution in [-0.2, 0) is 4.79 Å². The van der Waals surface area contributed by atoms with Gasteiger partial charge in [-0.25, -0.2) is 0 Å². The molecule has 0 saturated carbocycles. The Balaban J connectivity index is 2.44. The molecule has 112 valence electrons. The van der Waals surface area contributed by atoms with Crippen molar-refractivity contribution in [3.05, 3.63) is 42.0 Å². The Morgan fingerprint density at radius 1 is 1.24 bits per heavy atom. The van der Waals surface area contributed by atoms with Gasteiger partial charge in [-0.05, 0) is 18.9 Å². The van der Waals surface area contributed by atoms with Crippen molar-refractivity contribution in [2.45, 2.75) is 19.9 Å². The Bertz CT molecular complexity index is 625. The first kappa shape index (κ1) is 15.3. The van der Waals surface area contributed by atoms with E-state index in [0.717, 1.165) is 28.6 Å². The number of hydrogen-bond acceptors (Lipinski definition) is 3. The third-order valence-electron chi connectivity index (χ3n) is 3.51. The highest BCUT2D eigenvalue weighted by Crippen LogP contribution is 2.33. The van der Waals surface area contributed by atoms with Crippen molar-refractivity contribution in [3.8, 4) is 5.75 Å². The zero-order chi connectivity index (χ0) is 15.2. The molecule has 2 aromatic rings. The van der Waals surface area contributed by atoms with Crippen molar-refractivity contribution >= 4 is 16.7 Å². The second kappa shape index (κ2) is 7.09. The molecule has 21 heavy (non-hydrogen) atoms. The van der Waals surface area contributed by atoms with Gasteiger partial charge >= 0.3 is 0 Å². The van der Waals surface area contributed by atoms with Crippen LogP contribution in [-0.4, -0.2) is 26.1 Å². The molecule has 0 aliphatic rings. The molecule has 0 aromatic heterocycles. The SMILES string of the molecule is CCNC(C)c1ccc2ccccc2c1OCC(=O)NC. The maximum absolute atomic E-state index is 11.5. The molecule has 4 nitrogen and oxygen atoms in total. The smallest absolute Gasteiger partial charge is 0.257 e. The zero-order valence-corrected chi connectivity index (χ0v) is 12.8. The first-order valence-corrected chi connectivity index (χ1v) is 7.25. The number of nitrogens with one attached hydrogen (secondary N) is 2. The Morgan fingerprint density at radius 3 is 2.71 bits per heavy atom. The van der Waals surface area contributed by atoms with E-state index in [1.807, 2.05) is 24.3 Å². The minimum atomic E-state index is -0.134. The second-order valence-corrected chi connectivity index (χ2v) is 4.95. The number of hydrogen-bond donors (Lipinski definition) is 2. The van der Waals surface area contributed by atoms with Crippen molar-refractivity contribution < 1.29 is 9.53 Å². The Hall–Kier alpha value is -2.07. The maximum Gasteiger partial charge on any atom is 0.257 e. The molecule has 0 saturated heterocycles. The lowest BCUT2D eigenvalue weighted by Gasteiger charge is -2.19. The summed E-state index contributed by atoms with van der Waals surface area (Å²) in [5, 5.41) is 8.10. The van der Waals surface area contributed by atoms with Gasteiger partial charge in [-0.1, -0.05) is 43.3 Å². The van der Waals surface area contributed by atoms with E-state index in [4.69, 9.17) is 4.74 Å². The molecule has 0 fully saturated rings. The summed E-state index contributed by atoms with van der Waals surface area (Å²) in [4.78, 5) is 11.5. The lowest BCUT2D eigenvalue weighted by Crippen LogP contribution is -2.26. The van der Waals surface area contributed by atoms with Crippen LogP contribution in [0.1, 0.15) is 25.5 Å². The second-order valence-electron chi connectivity index (χ2n) is 4.95. The van der Waals surface area contributed by atoms with Crippen molar-refractivity contribution in [3.63, 3.8) is 0 Å². The summed E-state index contributed by atoms with van der Waals surface area (Å²) in [6.45, 7) is 5.07. The molecular weight excluding hydrogens is 264 g/mol. The van der Waals surface area contributed by atoms with Crippen LogP contribution in [0.4, 0.5) is 0 Å². The van der Waals surface area contributed by atoms with E-state index in [1.54, 1.807) is 7.05 Å². The van der Waals surface area contributed by atoms with Crippen molar-refractivity contribution in [2.75, 3.05) is 20.2 Å². The van der Waals surface area contributed by atoms with Gasteiger partial charge in [-0.15, -0.1) is 0 Å². The summed E-state index contributed by atoms with van der Waals surface area (Å²) in [6.07, 6.45) is 0. The number of ether oxygens (including phenoxy) is 1. The number of carbonyl (C=O) groups excluding carboxylic acids is 1. The van der Waals surface area contributed by atoms with Gasteiger partial charge in [0.05, 0.1) is 0 Å². The molecule has 2 rings (SSSR count). The van der Waals surface area contributed by atoms with Crippen LogP contribution in [0.5, 0.6) is 5.75 Å². The highest BCUT2D eigenvalue weighted by Gasteiger charge is 2.15. The van der Waals surface area contributed by atoms with Crippen LogP contribution < -0.4 is 15.4 Å². The first-order chi connectivity index (χ1) is 10.2. The lowest BCUT2D eigenvalue weighted by atomic mass is 10.0. The standard InChI is InChI=1S/C17H22N2O2/c1-4-19-12(2)14-10-9-13-7-5-6-8-15(13)17(14)21-11-16(20)18-3/h5-10,12,19H,4,11H2,1-3H3,(H,18,20). The number of likely N-dealkylation sites (N-methyl/N-ethyl adjacent to an activating group) is 1. The quantitative estimate of drug-likeness (QED) is 0.858. The monoisotopic (exact) mass is 286 g/mol. The minimum absolute atomic E-state index is 0.0242. The Morgan fingerprint density at radius 2 is 2.00 bits per heavy atom.